The molecular weight excluding hydrogens is 317 g/mol. The summed E-state index contributed by atoms with van der Waals surface area (Å²) in [6.45, 7) is 6.83. The van der Waals surface area contributed by atoms with Crippen molar-refractivity contribution in [1.29, 1.82) is 0 Å². The minimum atomic E-state index is -1.23. The number of nitrogens with zero attached hydrogens (tertiary/aromatic N) is 2. The number of aliphatic imine (C=N–C) groups is 1. The van der Waals surface area contributed by atoms with Gasteiger partial charge in [-0.15, -0.1) is 13.2 Å². The molecule has 0 aromatic carbocycles. The first-order valence-electron chi connectivity index (χ1n) is 7.40. The zero-order chi connectivity index (χ0) is 17.4. The third-order valence-corrected chi connectivity index (χ3v) is 5.38. The molecular formula is C15H26N3O4P. The highest BCUT2D eigenvalue weighted by Crippen LogP contribution is 2.38. The van der Waals surface area contributed by atoms with Gasteiger partial charge in [0.25, 0.3) is 0 Å². The van der Waals surface area contributed by atoms with Crippen LogP contribution < -0.4 is 5.73 Å². The molecule has 0 bridgehead atoms. The summed E-state index contributed by atoms with van der Waals surface area (Å²) in [7, 11) is 1.48. The van der Waals surface area contributed by atoms with Gasteiger partial charge in [-0.3, -0.25) is 0 Å². The first-order valence-corrected chi connectivity index (χ1v) is 10.5. The monoisotopic (exact) mass is 343 g/mol. The molecule has 0 radical (unpaired) electrons. The van der Waals surface area contributed by atoms with Crippen LogP contribution in [0.2, 0.25) is 0 Å². The van der Waals surface area contributed by atoms with Gasteiger partial charge in [0.2, 0.25) is 0 Å². The lowest BCUT2D eigenvalue weighted by molar-refractivity contribution is -0.0590. The number of methoxy groups -OCH3 is 1. The molecule has 4 atom stereocenters. The second-order valence-corrected chi connectivity index (χ2v) is 10.8. The van der Waals surface area contributed by atoms with E-state index in [1.165, 1.54) is 12.0 Å². The highest BCUT2D eigenvalue weighted by molar-refractivity contribution is 7.72. The van der Waals surface area contributed by atoms with Crippen molar-refractivity contribution in [3.05, 3.63) is 24.4 Å². The fraction of sp³-hybridized carbons (Fsp3) is 0.600. The standard InChI is InChI=1S/C15H26N3O4P/c1-9-17-14(16)11(21-2)8-18(9)15-13(20)12(19)10(22-15)6-7-23(3,4)5/h8,10,12-13,15,19-20H,1,3,6-7H2,2,4-5H3,(H2,16,17)/t10?,12-,13-,15?/m1/s1. The number of hydrogen-bond donors (Lipinski definition) is 3. The molecule has 2 rings (SSSR count). The highest BCUT2D eigenvalue weighted by atomic mass is 31.2. The molecule has 0 aliphatic carbocycles. The summed E-state index contributed by atoms with van der Waals surface area (Å²) in [6.07, 6.45) is 3.97. The van der Waals surface area contributed by atoms with Crippen LogP contribution >= 0.6 is 6.89 Å². The molecule has 7 nitrogen and oxygen atoms in total. The molecule has 0 saturated carbocycles. The lowest BCUT2D eigenvalue weighted by Crippen LogP contribution is -2.42. The molecule has 130 valence electrons. The molecule has 0 amide bonds. The first kappa shape index (κ1) is 18.1. The molecule has 2 heterocycles. The van der Waals surface area contributed by atoms with E-state index in [0.29, 0.717) is 18.0 Å². The van der Waals surface area contributed by atoms with Crippen molar-refractivity contribution in [3.8, 4) is 0 Å². The van der Waals surface area contributed by atoms with E-state index < -0.39 is 31.4 Å². The Morgan fingerprint density at radius 3 is 2.65 bits per heavy atom. The van der Waals surface area contributed by atoms with Crippen molar-refractivity contribution in [2.45, 2.75) is 31.0 Å². The van der Waals surface area contributed by atoms with Crippen LogP contribution in [0.15, 0.2) is 29.4 Å². The van der Waals surface area contributed by atoms with Gasteiger partial charge in [-0.25, -0.2) is 4.99 Å². The fourth-order valence-electron chi connectivity index (χ4n) is 2.57. The number of nitrogens with two attached hydrogens (primary N) is 1. The van der Waals surface area contributed by atoms with Crippen LogP contribution in [0.4, 0.5) is 0 Å². The minimum Gasteiger partial charge on any atom is -0.491 e. The molecule has 8 heteroatoms. The van der Waals surface area contributed by atoms with Crippen molar-refractivity contribution in [2.24, 2.45) is 10.7 Å². The predicted molar refractivity (Wildman–Crippen MR) is 93.7 cm³/mol. The normalized spacial score (nSPS) is 31.9. The van der Waals surface area contributed by atoms with Crippen LogP contribution in [0.1, 0.15) is 6.42 Å². The van der Waals surface area contributed by atoms with Gasteiger partial charge >= 0.3 is 0 Å². The van der Waals surface area contributed by atoms with E-state index in [0.717, 1.165) is 6.16 Å². The Bertz CT molecular complexity index is 583. The van der Waals surface area contributed by atoms with Gasteiger partial charge in [-0.2, -0.15) is 0 Å². The van der Waals surface area contributed by atoms with E-state index in [-0.39, 0.29) is 5.84 Å². The van der Waals surface area contributed by atoms with E-state index in [9.17, 15) is 10.2 Å². The van der Waals surface area contributed by atoms with Gasteiger partial charge in [0.15, 0.2) is 17.8 Å². The topological polar surface area (TPSA) is 101 Å². The van der Waals surface area contributed by atoms with Crippen LogP contribution in [0.5, 0.6) is 0 Å². The summed E-state index contributed by atoms with van der Waals surface area (Å²) >= 11 is 0. The summed E-state index contributed by atoms with van der Waals surface area (Å²) < 4.78 is 11.0. The lowest BCUT2D eigenvalue weighted by Gasteiger charge is -2.31. The van der Waals surface area contributed by atoms with E-state index >= 15 is 0 Å². The minimum absolute atomic E-state index is 0.210. The van der Waals surface area contributed by atoms with Crippen molar-refractivity contribution >= 4 is 19.0 Å². The van der Waals surface area contributed by atoms with E-state index in [1.54, 1.807) is 6.20 Å². The molecule has 2 aliphatic heterocycles. The van der Waals surface area contributed by atoms with Gasteiger partial charge in [-0.1, -0.05) is 6.58 Å². The Morgan fingerprint density at radius 1 is 1.43 bits per heavy atom. The third kappa shape index (κ3) is 3.98. The number of ether oxygens (including phenoxy) is 2. The number of hydrogen-bond acceptors (Lipinski definition) is 7. The molecule has 2 aliphatic rings. The van der Waals surface area contributed by atoms with Gasteiger partial charge in [0.1, 0.15) is 18.0 Å². The Hall–Kier alpha value is -1.27. The molecule has 1 saturated heterocycles. The van der Waals surface area contributed by atoms with Crippen LogP contribution in [-0.4, -0.2) is 78.4 Å². The zero-order valence-electron chi connectivity index (χ0n) is 13.8. The maximum atomic E-state index is 10.3. The average Bonchev–Trinajstić information content (AvgIpc) is 2.73. The molecule has 2 unspecified atom stereocenters. The van der Waals surface area contributed by atoms with Crippen LogP contribution in [0.25, 0.3) is 0 Å². The lowest BCUT2D eigenvalue weighted by atomic mass is 10.1. The fourth-order valence-corrected chi connectivity index (χ4v) is 3.52. The first-order chi connectivity index (χ1) is 10.6. The largest absolute Gasteiger partial charge is 0.491 e. The Kier molecular flexibility index (Phi) is 5.26. The van der Waals surface area contributed by atoms with Gasteiger partial charge in [0.05, 0.1) is 19.4 Å². The van der Waals surface area contributed by atoms with Crippen LogP contribution in [0.3, 0.4) is 0 Å². The van der Waals surface area contributed by atoms with E-state index in [4.69, 9.17) is 15.2 Å². The van der Waals surface area contributed by atoms with Gasteiger partial charge in [0, 0.05) is 0 Å². The zero-order valence-corrected chi connectivity index (χ0v) is 14.7. The van der Waals surface area contributed by atoms with Crippen LogP contribution in [-0.2, 0) is 9.47 Å². The number of aliphatic hydroxyl groups excluding tert-OH is 2. The maximum Gasteiger partial charge on any atom is 0.177 e. The maximum absolute atomic E-state index is 10.3. The summed E-state index contributed by atoms with van der Waals surface area (Å²) in [6, 6.07) is 0. The Balaban J connectivity index is 2.13. The quantitative estimate of drug-likeness (QED) is 0.615. The van der Waals surface area contributed by atoms with Crippen molar-refractivity contribution in [1.82, 2.24) is 4.90 Å². The summed E-state index contributed by atoms with van der Waals surface area (Å²) in [5, 5.41) is 20.6. The second-order valence-electron chi connectivity index (χ2n) is 6.51. The summed E-state index contributed by atoms with van der Waals surface area (Å²) in [5.74, 6) is 0.892. The number of rotatable bonds is 5. The molecule has 0 spiro atoms. The van der Waals surface area contributed by atoms with Gasteiger partial charge in [-0.05, 0) is 25.9 Å². The van der Waals surface area contributed by atoms with Gasteiger partial charge < -0.3 is 30.3 Å². The van der Waals surface area contributed by atoms with Crippen molar-refractivity contribution < 1.29 is 19.7 Å². The van der Waals surface area contributed by atoms with E-state index in [2.05, 4.69) is 31.2 Å². The average molecular weight is 343 g/mol. The summed E-state index contributed by atoms with van der Waals surface area (Å²) in [5.41, 5.74) is 5.74. The molecule has 0 aromatic rings. The summed E-state index contributed by atoms with van der Waals surface area (Å²) in [4.78, 5) is 5.62. The molecule has 4 N–H and O–H groups in total. The number of aliphatic hydroxyl groups is 2. The van der Waals surface area contributed by atoms with Crippen molar-refractivity contribution in [3.63, 3.8) is 0 Å². The second kappa shape index (κ2) is 6.69. The van der Waals surface area contributed by atoms with Crippen LogP contribution in [0, 0.1) is 0 Å². The highest BCUT2D eigenvalue weighted by Gasteiger charge is 2.46. The molecule has 1 fully saturated rings. The SMILES string of the molecule is C=C1N=C(N)C(OC)=CN1C1OC(CCP(=C)(C)C)[C@@H](O)[C@H]1O. The Labute approximate surface area is 137 Å². The molecule has 23 heavy (non-hydrogen) atoms. The molecule has 0 aromatic heterocycles. The third-order valence-electron chi connectivity index (χ3n) is 3.91. The smallest absolute Gasteiger partial charge is 0.177 e. The van der Waals surface area contributed by atoms with Crippen molar-refractivity contribution in [2.75, 3.05) is 26.6 Å². The van der Waals surface area contributed by atoms with E-state index in [1.807, 2.05) is 0 Å². The Morgan fingerprint density at radius 2 is 2.09 bits per heavy atom. The predicted octanol–water partition coefficient (Wildman–Crippen LogP) is 0.164. The number of amidine groups is 1.